The summed E-state index contributed by atoms with van der Waals surface area (Å²) in [5.41, 5.74) is 1.86. The molecule has 0 fully saturated rings. The van der Waals surface area contributed by atoms with E-state index in [1.165, 1.54) is 10.0 Å². The molecule has 0 aliphatic rings. The van der Waals surface area contributed by atoms with Gasteiger partial charge in [0.05, 0.1) is 0 Å². The molecule has 0 spiro atoms. The number of benzene rings is 2. The summed E-state index contributed by atoms with van der Waals surface area (Å²) in [5, 5.41) is 0. The van der Waals surface area contributed by atoms with Crippen LogP contribution in [0.2, 0.25) is 4.47 Å². The van der Waals surface area contributed by atoms with Gasteiger partial charge in [-0.25, -0.2) is 0 Å². The quantitative estimate of drug-likeness (QED) is 0.450. The number of hydrogen-bond donors (Lipinski definition) is 0. The van der Waals surface area contributed by atoms with Gasteiger partial charge in [0.1, 0.15) is 0 Å². The maximum atomic E-state index is 12.0. The van der Waals surface area contributed by atoms with Crippen molar-refractivity contribution >= 4 is 28.3 Å². The Bertz CT molecular complexity index is 549. The van der Waals surface area contributed by atoms with Gasteiger partial charge in [0.25, 0.3) is 0 Å². The number of hydrogen-bond acceptors (Lipinski definition) is 2. The van der Waals surface area contributed by atoms with Crippen LogP contribution in [0.3, 0.4) is 0 Å². The average Bonchev–Trinajstić information content (AvgIpc) is 2.49. The van der Waals surface area contributed by atoms with Gasteiger partial charge in [-0.15, -0.1) is 0 Å². The first-order chi connectivity index (χ1) is 9.69. The second kappa shape index (κ2) is 7.47. The van der Waals surface area contributed by atoms with E-state index in [4.69, 9.17) is 4.74 Å². The molecule has 0 amide bonds. The van der Waals surface area contributed by atoms with Crippen molar-refractivity contribution in [3.8, 4) is 5.75 Å². The van der Waals surface area contributed by atoms with Gasteiger partial charge in [-0.05, 0) is 0 Å². The fourth-order valence-electron chi connectivity index (χ4n) is 1.90. The van der Waals surface area contributed by atoms with Crippen LogP contribution in [0.5, 0.6) is 5.75 Å². The zero-order valence-corrected chi connectivity index (χ0v) is 14.0. The summed E-state index contributed by atoms with van der Waals surface area (Å²) in [7, 11) is 0. The van der Waals surface area contributed by atoms with Gasteiger partial charge >= 0.3 is 127 Å². The Kier molecular flexibility index (Phi) is 5.64. The molecule has 2 nitrogen and oxygen atoms in total. The van der Waals surface area contributed by atoms with Crippen LogP contribution in [0.25, 0.3) is 0 Å². The third-order valence-corrected chi connectivity index (χ3v) is 4.82. The van der Waals surface area contributed by atoms with E-state index < -0.39 is 0 Å². The Morgan fingerprint density at radius 1 is 1.10 bits per heavy atom. The summed E-state index contributed by atoms with van der Waals surface area (Å²) in [5.74, 6) is 0.947. The van der Waals surface area contributed by atoms with Crippen LogP contribution in [-0.4, -0.2) is 28.3 Å². The summed E-state index contributed by atoms with van der Waals surface area (Å²) in [4.78, 5) is 12.0. The summed E-state index contributed by atoms with van der Waals surface area (Å²) in [6.45, 7) is 2.25. The van der Waals surface area contributed by atoms with Gasteiger partial charge in [0.15, 0.2) is 0 Å². The third-order valence-electron chi connectivity index (χ3n) is 3.04. The van der Waals surface area contributed by atoms with Crippen molar-refractivity contribution in [2.75, 3.05) is 0 Å². The normalized spacial score (nSPS) is 11.9. The summed E-state index contributed by atoms with van der Waals surface area (Å²) < 4.78 is 6.52. The molecule has 0 N–H and O–H groups in total. The van der Waals surface area contributed by atoms with Crippen LogP contribution < -0.4 is 4.74 Å². The second-order valence-corrected chi connectivity index (χ2v) is 5.93. The number of esters is 1. The van der Waals surface area contributed by atoms with Crippen LogP contribution in [0.1, 0.15) is 22.8 Å². The van der Waals surface area contributed by atoms with Crippen LogP contribution in [0.4, 0.5) is 0 Å². The first-order valence-electron chi connectivity index (χ1n) is 6.66. The minimum atomic E-state index is -0.311. The predicted molar refractivity (Wildman–Crippen MR) is 82.7 cm³/mol. The molecular formula is C17H18O2Te. The number of carbonyl (C=O) groups excluding carboxylic acids is 1. The van der Waals surface area contributed by atoms with Crippen molar-refractivity contribution in [1.29, 1.82) is 0 Å². The fraction of sp³-hybridized carbons (Fsp3) is 0.235. The van der Waals surface area contributed by atoms with Crippen LogP contribution >= 0.6 is 0 Å². The van der Waals surface area contributed by atoms with Crippen LogP contribution in [-0.2, 0) is 6.42 Å². The molecule has 0 saturated heterocycles. The van der Waals surface area contributed by atoms with Gasteiger partial charge < -0.3 is 0 Å². The van der Waals surface area contributed by atoms with Gasteiger partial charge in [-0.2, -0.15) is 0 Å². The SMILES string of the molecule is CC(C[TeH])Cc1ccc(C(=O)Oc2ccccc2)cc1. The van der Waals surface area contributed by atoms with Crippen molar-refractivity contribution in [2.45, 2.75) is 17.8 Å². The van der Waals surface area contributed by atoms with Gasteiger partial charge in [-0.1, -0.05) is 6.07 Å². The summed E-state index contributed by atoms with van der Waals surface area (Å²) in [6.07, 6.45) is 1.06. The van der Waals surface area contributed by atoms with Crippen molar-refractivity contribution in [2.24, 2.45) is 5.92 Å². The Balaban J connectivity index is 2.01. The average molecular weight is 382 g/mol. The van der Waals surface area contributed by atoms with E-state index in [2.05, 4.69) is 6.92 Å². The van der Waals surface area contributed by atoms with Crippen LogP contribution in [0.15, 0.2) is 54.6 Å². The Morgan fingerprint density at radius 3 is 2.35 bits per heavy atom. The monoisotopic (exact) mass is 384 g/mol. The number of ether oxygens (including phenoxy) is 1. The molecule has 0 heterocycles. The van der Waals surface area contributed by atoms with Crippen molar-refractivity contribution in [3.05, 3.63) is 65.7 Å². The fourth-order valence-corrected chi connectivity index (χ4v) is 2.27. The van der Waals surface area contributed by atoms with Crippen molar-refractivity contribution in [3.63, 3.8) is 0 Å². The van der Waals surface area contributed by atoms with Crippen molar-refractivity contribution < 1.29 is 9.53 Å². The van der Waals surface area contributed by atoms with Gasteiger partial charge in [-0.3, -0.25) is 0 Å². The van der Waals surface area contributed by atoms with Gasteiger partial charge in [0.2, 0.25) is 0 Å². The zero-order valence-electron chi connectivity index (χ0n) is 11.5. The Hall–Kier alpha value is -1.30. The molecule has 0 aliphatic heterocycles. The maximum absolute atomic E-state index is 12.0. The molecule has 0 saturated carbocycles. The molecule has 3 heteroatoms. The molecule has 0 bridgehead atoms. The zero-order chi connectivity index (χ0) is 14.4. The molecule has 0 aliphatic carbocycles. The first kappa shape index (κ1) is 15.1. The topological polar surface area (TPSA) is 26.3 Å². The van der Waals surface area contributed by atoms with E-state index in [0.29, 0.717) is 17.2 Å². The van der Waals surface area contributed by atoms with E-state index in [9.17, 15) is 4.79 Å². The Labute approximate surface area is 133 Å². The molecule has 1 unspecified atom stereocenters. The molecule has 0 radical (unpaired) electrons. The van der Waals surface area contributed by atoms with Crippen molar-refractivity contribution in [1.82, 2.24) is 0 Å². The summed E-state index contributed by atoms with van der Waals surface area (Å²) >= 11 is 1.85. The number of rotatable bonds is 5. The molecule has 20 heavy (non-hydrogen) atoms. The van der Waals surface area contributed by atoms with E-state index in [1.54, 1.807) is 12.1 Å². The summed E-state index contributed by atoms with van der Waals surface area (Å²) in [6, 6.07) is 16.8. The molecule has 2 rings (SSSR count). The Morgan fingerprint density at radius 2 is 1.75 bits per heavy atom. The van der Waals surface area contributed by atoms with Gasteiger partial charge in [0, 0.05) is 0 Å². The first-order valence-corrected chi connectivity index (χ1v) is 8.46. The minimum absolute atomic E-state index is 0.311. The molecule has 2 aromatic rings. The predicted octanol–water partition coefficient (Wildman–Crippen LogP) is 3.40. The van der Waals surface area contributed by atoms with E-state index in [-0.39, 0.29) is 5.97 Å². The number of carbonyl (C=O) groups is 1. The standard InChI is InChI=1S/C17H18O2Te/c1-13(12-20)11-14-7-9-15(10-8-14)17(18)19-16-5-3-2-4-6-16/h2-10,13,20H,11-12H2,1H3. The molecule has 0 aromatic heterocycles. The molecule has 2 aromatic carbocycles. The number of para-hydroxylation sites is 1. The molecular weight excluding hydrogens is 364 g/mol. The second-order valence-electron chi connectivity index (χ2n) is 4.89. The third kappa shape index (κ3) is 4.37. The van der Waals surface area contributed by atoms with E-state index in [0.717, 1.165) is 6.42 Å². The van der Waals surface area contributed by atoms with E-state index >= 15 is 0 Å². The molecule has 1 atom stereocenters. The van der Waals surface area contributed by atoms with E-state index in [1.807, 2.05) is 64.8 Å². The molecule has 104 valence electrons. The van der Waals surface area contributed by atoms with Crippen LogP contribution in [0, 0.1) is 5.92 Å².